The van der Waals surface area contributed by atoms with Gasteiger partial charge < -0.3 is 5.32 Å². The Morgan fingerprint density at radius 2 is 2.31 bits per heavy atom. The highest BCUT2D eigenvalue weighted by molar-refractivity contribution is 7.90. The topological polar surface area (TPSA) is 46.2 Å². The molecule has 1 N–H and O–H groups in total. The third-order valence-corrected chi connectivity index (χ3v) is 3.28. The van der Waals surface area contributed by atoms with Crippen LogP contribution in [-0.2, 0) is 9.84 Å². The molecule has 0 radical (unpaired) electrons. The first kappa shape index (κ1) is 10.7. The van der Waals surface area contributed by atoms with E-state index in [1.165, 1.54) is 11.8 Å². The third-order valence-electron chi connectivity index (χ3n) is 2.34. The molecule has 0 saturated heterocycles. The van der Waals surface area contributed by atoms with E-state index in [4.69, 9.17) is 0 Å². The van der Waals surface area contributed by atoms with Gasteiger partial charge in [0.1, 0.15) is 9.84 Å². The number of hydrogen-bond donors (Lipinski definition) is 1. The molecule has 76 valence electrons. The van der Waals surface area contributed by atoms with Crippen molar-refractivity contribution in [3.05, 3.63) is 11.6 Å². The SMILES string of the molecule is CNC(CS(C)(=O)=O)C1=CCCC1. The first-order chi connectivity index (χ1) is 6.03. The van der Waals surface area contributed by atoms with Crippen LogP contribution < -0.4 is 5.32 Å². The number of nitrogens with one attached hydrogen (secondary N) is 1. The minimum absolute atomic E-state index is 0.0255. The van der Waals surface area contributed by atoms with Gasteiger partial charge in [0.2, 0.25) is 0 Å². The molecule has 3 nitrogen and oxygen atoms in total. The zero-order chi connectivity index (χ0) is 9.90. The molecule has 0 spiro atoms. The number of allylic oxidation sites excluding steroid dienone is 1. The maximum atomic E-state index is 11.1. The molecule has 1 unspecified atom stereocenters. The monoisotopic (exact) mass is 203 g/mol. The Labute approximate surface area is 80.1 Å². The summed E-state index contributed by atoms with van der Waals surface area (Å²) in [5.74, 6) is 0.218. The number of hydrogen-bond acceptors (Lipinski definition) is 3. The minimum Gasteiger partial charge on any atom is -0.312 e. The van der Waals surface area contributed by atoms with E-state index in [2.05, 4.69) is 11.4 Å². The molecule has 0 aromatic rings. The lowest BCUT2D eigenvalue weighted by molar-refractivity contribution is 0.585. The average Bonchev–Trinajstić information content (AvgIpc) is 2.50. The van der Waals surface area contributed by atoms with Gasteiger partial charge in [-0.3, -0.25) is 0 Å². The molecule has 1 aliphatic rings. The van der Waals surface area contributed by atoms with Gasteiger partial charge >= 0.3 is 0 Å². The van der Waals surface area contributed by atoms with Gasteiger partial charge in [-0.1, -0.05) is 11.6 Å². The fourth-order valence-corrected chi connectivity index (χ4v) is 2.68. The fourth-order valence-electron chi connectivity index (χ4n) is 1.69. The quantitative estimate of drug-likeness (QED) is 0.685. The lowest BCUT2D eigenvalue weighted by atomic mass is 10.1. The van der Waals surface area contributed by atoms with Crippen LogP contribution in [0.15, 0.2) is 11.6 Å². The molecule has 0 aromatic carbocycles. The Morgan fingerprint density at radius 3 is 2.69 bits per heavy atom. The standard InChI is InChI=1S/C9H17NO2S/c1-10-9(7-13(2,11)12)8-5-3-4-6-8/h5,9-10H,3-4,6-7H2,1-2H3. The van der Waals surface area contributed by atoms with Crippen LogP contribution in [-0.4, -0.2) is 33.5 Å². The molecular weight excluding hydrogens is 186 g/mol. The van der Waals surface area contributed by atoms with Gasteiger partial charge in [0.05, 0.1) is 5.75 Å². The van der Waals surface area contributed by atoms with Crippen LogP contribution >= 0.6 is 0 Å². The van der Waals surface area contributed by atoms with Gasteiger partial charge in [-0.05, 0) is 26.3 Å². The van der Waals surface area contributed by atoms with Crippen LogP contribution in [0.1, 0.15) is 19.3 Å². The summed E-state index contributed by atoms with van der Waals surface area (Å²) in [7, 11) is -1.06. The van der Waals surface area contributed by atoms with Crippen molar-refractivity contribution in [2.45, 2.75) is 25.3 Å². The van der Waals surface area contributed by atoms with Gasteiger partial charge in [0, 0.05) is 12.3 Å². The lowest BCUT2D eigenvalue weighted by Crippen LogP contribution is -2.34. The van der Waals surface area contributed by atoms with Crippen LogP contribution in [0.3, 0.4) is 0 Å². The molecule has 4 heteroatoms. The molecule has 1 rings (SSSR count). The van der Waals surface area contributed by atoms with E-state index < -0.39 is 9.84 Å². The molecule has 0 amide bonds. The summed E-state index contributed by atoms with van der Waals surface area (Å²) < 4.78 is 22.2. The van der Waals surface area contributed by atoms with Crippen molar-refractivity contribution in [1.82, 2.24) is 5.32 Å². The maximum Gasteiger partial charge on any atom is 0.149 e. The first-order valence-electron chi connectivity index (χ1n) is 4.57. The van der Waals surface area contributed by atoms with Crippen molar-refractivity contribution in [1.29, 1.82) is 0 Å². The summed E-state index contributed by atoms with van der Waals surface area (Å²) in [6, 6.07) is 0.0255. The second kappa shape index (κ2) is 4.24. The Hall–Kier alpha value is -0.350. The van der Waals surface area contributed by atoms with Gasteiger partial charge in [-0.25, -0.2) is 8.42 Å². The lowest BCUT2D eigenvalue weighted by Gasteiger charge is -2.16. The highest BCUT2D eigenvalue weighted by Crippen LogP contribution is 2.21. The van der Waals surface area contributed by atoms with Gasteiger partial charge in [0.15, 0.2) is 0 Å². The molecule has 0 aliphatic heterocycles. The predicted octanol–water partition coefficient (Wildman–Crippen LogP) is 0.729. The van der Waals surface area contributed by atoms with Crippen LogP contribution in [0, 0.1) is 0 Å². The van der Waals surface area contributed by atoms with E-state index in [1.54, 1.807) is 0 Å². The molecule has 0 aromatic heterocycles. The van der Waals surface area contributed by atoms with E-state index in [0.29, 0.717) is 0 Å². The van der Waals surface area contributed by atoms with Crippen molar-refractivity contribution < 1.29 is 8.42 Å². The van der Waals surface area contributed by atoms with E-state index in [-0.39, 0.29) is 11.8 Å². The Kier molecular flexibility index (Phi) is 3.50. The van der Waals surface area contributed by atoms with Crippen molar-refractivity contribution in [2.24, 2.45) is 0 Å². The second-order valence-corrected chi connectivity index (χ2v) is 5.79. The molecule has 13 heavy (non-hydrogen) atoms. The van der Waals surface area contributed by atoms with Crippen LogP contribution in [0.5, 0.6) is 0 Å². The third kappa shape index (κ3) is 3.48. The van der Waals surface area contributed by atoms with E-state index in [1.807, 2.05) is 7.05 Å². The average molecular weight is 203 g/mol. The molecule has 0 fully saturated rings. The van der Waals surface area contributed by atoms with Crippen molar-refractivity contribution >= 4 is 9.84 Å². The number of rotatable bonds is 4. The molecule has 0 heterocycles. The molecule has 1 aliphatic carbocycles. The Balaban J connectivity index is 2.62. The van der Waals surface area contributed by atoms with Crippen LogP contribution in [0.4, 0.5) is 0 Å². The van der Waals surface area contributed by atoms with Crippen LogP contribution in [0.25, 0.3) is 0 Å². The summed E-state index contributed by atoms with van der Waals surface area (Å²) in [4.78, 5) is 0. The number of sulfone groups is 1. The summed E-state index contributed by atoms with van der Waals surface area (Å²) in [5.41, 5.74) is 1.26. The second-order valence-electron chi connectivity index (χ2n) is 3.60. The zero-order valence-corrected chi connectivity index (χ0v) is 9.02. The predicted molar refractivity (Wildman–Crippen MR) is 54.5 cm³/mol. The fraction of sp³-hybridized carbons (Fsp3) is 0.778. The molecular formula is C9H17NO2S. The summed E-state index contributed by atoms with van der Waals surface area (Å²) in [5, 5.41) is 3.05. The van der Waals surface area contributed by atoms with Crippen molar-refractivity contribution in [3.63, 3.8) is 0 Å². The minimum atomic E-state index is -2.88. The summed E-state index contributed by atoms with van der Waals surface area (Å²) >= 11 is 0. The molecule has 1 atom stereocenters. The van der Waals surface area contributed by atoms with Crippen LogP contribution in [0.2, 0.25) is 0 Å². The van der Waals surface area contributed by atoms with Gasteiger partial charge in [0.25, 0.3) is 0 Å². The number of likely N-dealkylation sites (N-methyl/N-ethyl adjacent to an activating group) is 1. The smallest absolute Gasteiger partial charge is 0.149 e. The summed E-state index contributed by atoms with van der Waals surface area (Å²) in [6.45, 7) is 0. The van der Waals surface area contributed by atoms with Crippen molar-refractivity contribution in [3.8, 4) is 0 Å². The summed E-state index contributed by atoms with van der Waals surface area (Å²) in [6.07, 6.45) is 6.74. The zero-order valence-electron chi connectivity index (χ0n) is 8.21. The maximum absolute atomic E-state index is 11.1. The van der Waals surface area contributed by atoms with Crippen molar-refractivity contribution in [2.75, 3.05) is 19.1 Å². The normalized spacial score (nSPS) is 20.0. The first-order valence-corrected chi connectivity index (χ1v) is 6.63. The van der Waals surface area contributed by atoms with E-state index in [9.17, 15) is 8.42 Å². The Morgan fingerprint density at radius 1 is 1.62 bits per heavy atom. The molecule has 0 saturated carbocycles. The van der Waals surface area contributed by atoms with Gasteiger partial charge in [-0.15, -0.1) is 0 Å². The van der Waals surface area contributed by atoms with Gasteiger partial charge in [-0.2, -0.15) is 0 Å². The highest BCUT2D eigenvalue weighted by atomic mass is 32.2. The highest BCUT2D eigenvalue weighted by Gasteiger charge is 2.19. The van der Waals surface area contributed by atoms with E-state index in [0.717, 1.165) is 19.3 Å². The largest absolute Gasteiger partial charge is 0.312 e. The van der Waals surface area contributed by atoms with E-state index >= 15 is 0 Å². The molecule has 0 bridgehead atoms. The Bertz CT molecular complexity index is 293.